The van der Waals surface area contributed by atoms with Gasteiger partial charge in [-0.2, -0.15) is 0 Å². The van der Waals surface area contributed by atoms with Crippen LogP contribution in [0.3, 0.4) is 0 Å². The normalized spacial score (nSPS) is 14.5. The van der Waals surface area contributed by atoms with Crippen LogP contribution in [0.25, 0.3) is 0 Å². The minimum atomic E-state index is 0.432. The summed E-state index contributed by atoms with van der Waals surface area (Å²) in [6.45, 7) is 1.80. The van der Waals surface area contributed by atoms with Crippen molar-refractivity contribution in [2.24, 2.45) is 0 Å². The molecule has 2 aromatic rings. The van der Waals surface area contributed by atoms with Crippen LogP contribution in [0.2, 0.25) is 5.15 Å². The fourth-order valence-electron chi connectivity index (χ4n) is 2.25. The molecule has 0 atom stereocenters. The van der Waals surface area contributed by atoms with E-state index in [9.17, 15) is 0 Å². The molecule has 0 bridgehead atoms. The second-order valence-corrected chi connectivity index (χ2v) is 5.51. The number of rotatable bonds is 1. The number of benzene rings is 1. The number of halogens is 2. The van der Waals surface area contributed by atoms with Crippen LogP contribution in [0.15, 0.2) is 35.1 Å². The van der Waals surface area contributed by atoms with Crippen LogP contribution >= 0.6 is 27.5 Å². The summed E-state index contributed by atoms with van der Waals surface area (Å²) in [4.78, 5) is 12.7. The summed E-state index contributed by atoms with van der Waals surface area (Å²) in [6.07, 6.45) is 1.49. The Hall–Kier alpha value is -1.33. The van der Waals surface area contributed by atoms with Gasteiger partial charge in [0.25, 0.3) is 0 Å². The van der Waals surface area contributed by atoms with Gasteiger partial charge in [0.1, 0.15) is 11.5 Å². The molecule has 19 heavy (non-hydrogen) atoms. The molecule has 0 saturated heterocycles. The molecule has 98 valence electrons. The summed E-state index contributed by atoms with van der Waals surface area (Å²) in [5, 5.41) is 0.432. The lowest BCUT2D eigenvalue weighted by atomic mass is 10.2. The highest BCUT2D eigenvalue weighted by Gasteiger charge is 2.24. The molecule has 1 aliphatic heterocycles. The van der Waals surface area contributed by atoms with Crippen molar-refractivity contribution in [1.82, 2.24) is 9.97 Å². The Morgan fingerprint density at radius 1 is 1.16 bits per heavy atom. The molecule has 0 amide bonds. The molecular weight excluding hydrogens is 328 g/mol. The molecule has 0 aliphatic carbocycles. The topological polar surface area (TPSA) is 32.3 Å². The van der Waals surface area contributed by atoms with E-state index in [1.54, 1.807) is 0 Å². The van der Waals surface area contributed by atoms with Gasteiger partial charge < -0.3 is 9.80 Å². The maximum atomic E-state index is 6.05. The third-order valence-electron chi connectivity index (χ3n) is 3.23. The van der Waals surface area contributed by atoms with Crippen molar-refractivity contribution in [1.29, 1.82) is 0 Å². The Morgan fingerprint density at radius 3 is 2.68 bits per heavy atom. The van der Waals surface area contributed by atoms with Gasteiger partial charge in [-0.05, 0) is 28.1 Å². The number of hydrogen-bond donors (Lipinski definition) is 0. The molecule has 0 spiro atoms. The lowest BCUT2D eigenvalue weighted by Gasteiger charge is -2.36. The number of aromatic nitrogens is 2. The largest absolute Gasteiger partial charge is 0.371 e. The molecule has 0 saturated carbocycles. The Kier molecular flexibility index (Phi) is 3.33. The summed E-state index contributed by atoms with van der Waals surface area (Å²) in [5.74, 6) is 0.806. The second-order valence-electron chi connectivity index (χ2n) is 4.36. The van der Waals surface area contributed by atoms with Gasteiger partial charge >= 0.3 is 0 Å². The fourth-order valence-corrected chi connectivity index (χ4v) is 2.80. The van der Waals surface area contributed by atoms with Crippen molar-refractivity contribution in [3.8, 4) is 0 Å². The van der Waals surface area contributed by atoms with Crippen molar-refractivity contribution < 1.29 is 0 Å². The Morgan fingerprint density at radius 2 is 1.89 bits per heavy atom. The second kappa shape index (κ2) is 4.98. The minimum absolute atomic E-state index is 0.432. The van der Waals surface area contributed by atoms with Crippen molar-refractivity contribution in [2.75, 3.05) is 29.9 Å². The molecule has 2 heterocycles. The fraction of sp³-hybridized carbons (Fsp3) is 0.231. The maximum absolute atomic E-state index is 6.05. The van der Waals surface area contributed by atoms with E-state index in [0.29, 0.717) is 5.15 Å². The monoisotopic (exact) mass is 338 g/mol. The number of fused-ring (bicyclic) bond motifs is 1. The van der Waals surface area contributed by atoms with E-state index in [-0.39, 0.29) is 0 Å². The molecule has 1 aromatic carbocycles. The molecule has 0 N–H and O–H groups in total. The summed E-state index contributed by atoms with van der Waals surface area (Å²) >= 11 is 9.52. The van der Waals surface area contributed by atoms with Crippen molar-refractivity contribution in [3.05, 3.63) is 40.2 Å². The number of nitrogens with zero attached hydrogens (tertiary/aromatic N) is 4. The quantitative estimate of drug-likeness (QED) is 0.745. The van der Waals surface area contributed by atoms with Gasteiger partial charge in [-0.15, -0.1) is 0 Å². The molecule has 4 nitrogen and oxygen atoms in total. The van der Waals surface area contributed by atoms with E-state index in [2.05, 4.69) is 54.9 Å². The Bertz CT molecular complexity index is 619. The number of likely N-dealkylation sites (N-methyl/N-ethyl adjacent to an activating group) is 1. The van der Waals surface area contributed by atoms with Crippen LogP contribution in [0.4, 0.5) is 17.2 Å². The molecule has 6 heteroatoms. The zero-order valence-corrected chi connectivity index (χ0v) is 12.7. The highest BCUT2D eigenvalue weighted by molar-refractivity contribution is 9.10. The average Bonchev–Trinajstić information content (AvgIpc) is 2.43. The van der Waals surface area contributed by atoms with Gasteiger partial charge in [0, 0.05) is 20.1 Å². The van der Waals surface area contributed by atoms with Crippen LogP contribution in [0.1, 0.15) is 0 Å². The number of para-hydroxylation sites is 2. The van der Waals surface area contributed by atoms with Crippen molar-refractivity contribution in [2.45, 2.75) is 0 Å². The van der Waals surface area contributed by atoms with Gasteiger partial charge in [-0.1, -0.05) is 23.7 Å². The van der Waals surface area contributed by atoms with E-state index < -0.39 is 0 Å². The average molecular weight is 340 g/mol. The van der Waals surface area contributed by atoms with Crippen LogP contribution < -0.4 is 9.80 Å². The summed E-state index contributed by atoms with van der Waals surface area (Å²) in [6, 6.07) is 8.27. The minimum Gasteiger partial charge on any atom is -0.371 e. The summed E-state index contributed by atoms with van der Waals surface area (Å²) in [7, 11) is 2.10. The van der Waals surface area contributed by atoms with Gasteiger partial charge in [0.2, 0.25) is 0 Å². The predicted octanol–water partition coefficient (Wildman–Crippen LogP) is 3.48. The molecule has 3 rings (SSSR count). The maximum Gasteiger partial charge on any atom is 0.152 e. The van der Waals surface area contributed by atoms with Crippen LogP contribution in [-0.4, -0.2) is 30.1 Å². The molecule has 1 aromatic heterocycles. The van der Waals surface area contributed by atoms with Gasteiger partial charge in [-0.3, -0.25) is 0 Å². The highest BCUT2D eigenvalue weighted by Crippen LogP contribution is 2.39. The first-order valence-corrected chi connectivity index (χ1v) is 7.09. The number of anilines is 3. The van der Waals surface area contributed by atoms with E-state index in [1.807, 2.05) is 12.1 Å². The Labute approximate surface area is 125 Å². The third kappa shape index (κ3) is 2.17. The standard InChI is InChI=1S/C13H12BrClN4/c1-18-6-7-19(10-5-3-2-4-9(10)18)13-11(14)12(15)16-8-17-13/h2-5,8H,6-7H2,1H3. The van der Waals surface area contributed by atoms with E-state index in [1.165, 1.54) is 12.0 Å². The van der Waals surface area contributed by atoms with E-state index in [0.717, 1.165) is 29.1 Å². The summed E-state index contributed by atoms with van der Waals surface area (Å²) in [5.41, 5.74) is 2.32. The first-order valence-electron chi connectivity index (χ1n) is 5.92. The first kappa shape index (κ1) is 12.7. The predicted molar refractivity (Wildman–Crippen MR) is 81.5 cm³/mol. The van der Waals surface area contributed by atoms with E-state index in [4.69, 9.17) is 11.6 Å². The highest BCUT2D eigenvalue weighted by atomic mass is 79.9. The summed E-state index contributed by atoms with van der Waals surface area (Å²) < 4.78 is 0.732. The molecule has 1 aliphatic rings. The molecular formula is C13H12BrClN4. The van der Waals surface area contributed by atoms with Crippen LogP contribution in [0.5, 0.6) is 0 Å². The van der Waals surface area contributed by atoms with Gasteiger partial charge in [0.05, 0.1) is 15.8 Å². The van der Waals surface area contributed by atoms with Crippen molar-refractivity contribution in [3.63, 3.8) is 0 Å². The van der Waals surface area contributed by atoms with E-state index >= 15 is 0 Å². The van der Waals surface area contributed by atoms with Gasteiger partial charge in [-0.25, -0.2) is 9.97 Å². The lowest BCUT2D eigenvalue weighted by Crippen LogP contribution is -2.37. The zero-order valence-electron chi connectivity index (χ0n) is 10.3. The Balaban J connectivity index is 2.12. The van der Waals surface area contributed by atoms with Gasteiger partial charge in [0.15, 0.2) is 5.82 Å². The van der Waals surface area contributed by atoms with Crippen LogP contribution in [0, 0.1) is 0 Å². The van der Waals surface area contributed by atoms with Crippen LogP contribution in [-0.2, 0) is 0 Å². The van der Waals surface area contributed by atoms with Crippen molar-refractivity contribution >= 4 is 44.7 Å². The zero-order chi connectivity index (χ0) is 13.4. The molecule has 0 radical (unpaired) electrons. The lowest BCUT2D eigenvalue weighted by molar-refractivity contribution is 0.810. The first-order chi connectivity index (χ1) is 9.18. The third-order valence-corrected chi connectivity index (χ3v) is 4.47. The smallest absolute Gasteiger partial charge is 0.152 e. The SMILES string of the molecule is CN1CCN(c2ncnc(Cl)c2Br)c2ccccc21. The number of hydrogen-bond acceptors (Lipinski definition) is 4. The molecule has 0 unspecified atom stereocenters. The molecule has 0 fully saturated rings.